The minimum Gasteiger partial charge on any atom is -0.497 e. The van der Waals surface area contributed by atoms with E-state index in [1.165, 1.54) is 0 Å². The van der Waals surface area contributed by atoms with Crippen molar-refractivity contribution in [2.75, 3.05) is 33.3 Å². The number of sulfonamides is 1. The third-order valence-electron chi connectivity index (χ3n) is 4.62. The van der Waals surface area contributed by atoms with Crippen LogP contribution in [-0.2, 0) is 21.2 Å². The van der Waals surface area contributed by atoms with Crippen molar-refractivity contribution < 1.29 is 26.7 Å². The second-order valence-electron chi connectivity index (χ2n) is 6.36. The first-order valence-electron chi connectivity index (χ1n) is 8.68. The molecule has 1 aliphatic rings. The van der Waals surface area contributed by atoms with E-state index in [0.29, 0.717) is 5.75 Å². The first-order chi connectivity index (χ1) is 13.3. The van der Waals surface area contributed by atoms with Gasteiger partial charge < -0.3 is 9.64 Å². The summed E-state index contributed by atoms with van der Waals surface area (Å²) in [4.78, 5) is 13.1. The molecule has 0 N–H and O–H groups in total. The zero-order chi connectivity index (χ0) is 20.3. The van der Waals surface area contributed by atoms with Gasteiger partial charge >= 0.3 is 0 Å². The van der Waals surface area contributed by atoms with Crippen LogP contribution in [0.4, 0.5) is 8.78 Å². The van der Waals surface area contributed by atoms with Gasteiger partial charge in [-0.05, 0) is 29.8 Å². The number of benzene rings is 2. The fourth-order valence-corrected chi connectivity index (χ4v) is 4.60. The predicted molar refractivity (Wildman–Crippen MR) is 98.4 cm³/mol. The highest BCUT2D eigenvalue weighted by Gasteiger charge is 2.34. The number of piperazine rings is 1. The molecule has 6 nitrogen and oxygen atoms in total. The quantitative estimate of drug-likeness (QED) is 0.757. The first-order valence-corrected chi connectivity index (χ1v) is 10.1. The molecule has 1 heterocycles. The lowest BCUT2D eigenvalue weighted by Gasteiger charge is -2.34. The van der Waals surface area contributed by atoms with Gasteiger partial charge in [0.2, 0.25) is 15.9 Å². The summed E-state index contributed by atoms with van der Waals surface area (Å²) in [7, 11) is -2.75. The summed E-state index contributed by atoms with van der Waals surface area (Å²) in [5.74, 6) is -1.70. The third-order valence-corrected chi connectivity index (χ3v) is 6.57. The molecule has 1 amide bonds. The molecule has 2 aromatic carbocycles. The van der Waals surface area contributed by atoms with Crippen molar-refractivity contribution in [1.29, 1.82) is 0 Å². The Hall–Kier alpha value is -2.52. The monoisotopic (exact) mass is 410 g/mol. The molecule has 0 bridgehead atoms. The summed E-state index contributed by atoms with van der Waals surface area (Å²) >= 11 is 0. The standard InChI is InChI=1S/C19H20F2N2O4S/c1-27-15-7-5-14(6-8-15)13-18(24)22-9-11-23(12-10-22)28(25,26)19-16(20)3-2-4-17(19)21/h2-8H,9-13H2,1H3. The topological polar surface area (TPSA) is 66.9 Å². The summed E-state index contributed by atoms with van der Waals surface area (Å²) in [5, 5.41) is 0. The van der Waals surface area contributed by atoms with Gasteiger partial charge in [-0.25, -0.2) is 17.2 Å². The molecule has 0 aliphatic carbocycles. The zero-order valence-corrected chi connectivity index (χ0v) is 16.1. The number of halogens is 2. The second kappa shape index (κ2) is 8.24. The molecule has 1 aliphatic heterocycles. The number of nitrogens with zero attached hydrogens (tertiary/aromatic N) is 2. The Kier molecular flexibility index (Phi) is 5.95. The van der Waals surface area contributed by atoms with Crippen LogP contribution in [0.2, 0.25) is 0 Å². The lowest BCUT2D eigenvalue weighted by atomic mass is 10.1. The van der Waals surface area contributed by atoms with Crippen molar-refractivity contribution in [3.63, 3.8) is 0 Å². The van der Waals surface area contributed by atoms with Gasteiger partial charge in [0.15, 0.2) is 4.90 Å². The van der Waals surface area contributed by atoms with Crippen LogP contribution in [-0.4, -0.2) is 56.8 Å². The van der Waals surface area contributed by atoms with Crippen molar-refractivity contribution in [3.8, 4) is 5.75 Å². The molecule has 1 saturated heterocycles. The maximum atomic E-state index is 13.9. The molecule has 9 heteroatoms. The third kappa shape index (κ3) is 4.15. The average Bonchev–Trinajstić information content (AvgIpc) is 2.68. The predicted octanol–water partition coefficient (Wildman–Crippen LogP) is 2.05. The van der Waals surface area contributed by atoms with E-state index in [9.17, 15) is 22.0 Å². The lowest BCUT2D eigenvalue weighted by Crippen LogP contribution is -2.51. The molecule has 3 rings (SSSR count). The Morgan fingerprint density at radius 3 is 2.11 bits per heavy atom. The van der Waals surface area contributed by atoms with E-state index in [2.05, 4.69) is 0 Å². The van der Waals surface area contributed by atoms with Gasteiger partial charge in [-0.15, -0.1) is 0 Å². The fraction of sp³-hybridized carbons (Fsp3) is 0.316. The summed E-state index contributed by atoms with van der Waals surface area (Å²) < 4.78 is 59.0. The van der Waals surface area contributed by atoms with E-state index in [0.717, 1.165) is 28.1 Å². The van der Waals surface area contributed by atoms with Crippen LogP contribution in [0.5, 0.6) is 5.75 Å². The number of amides is 1. The summed E-state index contributed by atoms with van der Waals surface area (Å²) in [6, 6.07) is 10.0. The highest BCUT2D eigenvalue weighted by atomic mass is 32.2. The van der Waals surface area contributed by atoms with E-state index in [-0.39, 0.29) is 38.5 Å². The van der Waals surface area contributed by atoms with Crippen LogP contribution in [0, 0.1) is 11.6 Å². The number of rotatable bonds is 5. The molecule has 0 spiro atoms. The lowest BCUT2D eigenvalue weighted by molar-refractivity contribution is -0.131. The highest BCUT2D eigenvalue weighted by molar-refractivity contribution is 7.89. The Balaban J connectivity index is 1.64. The average molecular weight is 410 g/mol. The highest BCUT2D eigenvalue weighted by Crippen LogP contribution is 2.23. The van der Waals surface area contributed by atoms with Crippen molar-refractivity contribution in [1.82, 2.24) is 9.21 Å². The molecule has 0 radical (unpaired) electrons. The summed E-state index contributed by atoms with van der Waals surface area (Å²) in [6.45, 7) is 0.267. The van der Waals surface area contributed by atoms with Crippen LogP contribution < -0.4 is 4.74 Å². The molecule has 0 aromatic heterocycles. The number of carbonyl (C=O) groups excluding carboxylic acids is 1. The molecule has 0 atom stereocenters. The van der Waals surface area contributed by atoms with Crippen LogP contribution in [0.3, 0.4) is 0 Å². The maximum Gasteiger partial charge on any atom is 0.249 e. The summed E-state index contributed by atoms with van der Waals surface area (Å²) in [6.07, 6.45) is 0.179. The normalized spacial score (nSPS) is 15.5. The minimum absolute atomic E-state index is 0.0234. The van der Waals surface area contributed by atoms with Crippen molar-refractivity contribution in [3.05, 3.63) is 59.7 Å². The van der Waals surface area contributed by atoms with E-state index < -0.39 is 26.6 Å². The second-order valence-corrected chi connectivity index (χ2v) is 8.24. The molecule has 0 unspecified atom stereocenters. The zero-order valence-electron chi connectivity index (χ0n) is 15.3. The van der Waals surface area contributed by atoms with Crippen molar-refractivity contribution in [2.45, 2.75) is 11.3 Å². The smallest absolute Gasteiger partial charge is 0.249 e. The SMILES string of the molecule is COc1ccc(CC(=O)N2CCN(S(=O)(=O)c3c(F)cccc3F)CC2)cc1. The number of ether oxygens (including phenoxy) is 1. The largest absolute Gasteiger partial charge is 0.497 e. The van der Waals surface area contributed by atoms with E-state index >= 15 is 0 Å². The van der Waals surface area contributed by atoms with Gasteiger partial charge in [-0.2, -0.15) is 4.31 Å². The van der Waals surface area contributed by atoms with Crippen molar-refractivity contribution in [2.24, 2.45) is 0 Å². The maximum absolute atomic E-state index is 13.9. The van der Waals surface area contributed by atoms with Crippen LogP contribution >= 0.6 is 0 Å². The summed E-state index contributed by atoms with van der Waals surface area (Å²) in [5.41, 5.74) is 0.814. The van der Waals surface area contributed by atoms with E-state index in [1.54, 1.807) is 36.3 Å². The molecular weight excluding hydrogens is 390 g/mol. The Labute approximate surface area is 162 Å². The van der Waals surface area contributed by atoms with Gasteiger partial charge in [-0.3, -0.25) is 4.79 Å². The Morgan fingerprint density at radius 1 is 1.00 bits per heavy atom. The van der Waals surface area contributed by atoms with Crippen LogP contribution in [0.15, 0.2) is 47.4 Å². The van der Waals surface area contributed by atoms with Crippen molar-refractivity contribution >= 4 is 15.9 Å². The first kappa shape index (κ1) is 20.2. The minimum atomic E-state index is -4.31. The molecule has 28 heavy (non-hydrogen) atoms. The Morgan fingerprint density at radius 2 is 1.57 bits per heavy atom. The van der Waals surface area contributed by atoms with Gasteiger partial charge in [0.05, 0.1) is 13.5 Å². The van der Waals surface area contributed by atoms with Crippen LogP contribution in [0.1, 0.15) is 5.56 Å². The number of hydrogen-bond acceptors (Lipinski definition) is 4. The van der Waals surface area contributed by atoms with Gasteiger partial charge in [-0.1, -0.05) is 18.2 Å². The molecule has 1 fully saturated rings. The molecule has 2 aromatic rings. The van der Waals surface area contributed by atoms with E-state index in [1.807, 2.05) is 0 Å². The van der Waals surface area contributed by atoms with Gasteiger partial charge in [0.25, 0.3) is 0 Å². The number of methoxy groups -OCH3 is 1. The molecule has 0 saturated carbocycles. The fourth-order valence-electron chi connectivity index (χ4n) is 3.07. The molecular formula is C19H20F2N2O4S. The van der Waals surface area contributed by atoms with Crippen LogP contribution in [0.25, 0.3) is 0 Å². The Bertz CT molecular complexity index is 936. The number of hydrogen-bond donors (Lipinski definition) is 0. The van der Waals surface area contributed by atoms with Gasteiger partial charge in [0, 0.05) is 26.2 Å². The van der Waals surface area contributed by atoms with Gasteiger partial charge in [0.1, 0.15) is 17.4 Å². The number of carbonyl (C=O) groups is 1. The van der Waals surface area contributed by atoms with E-state index in [4.69, 9.17) is 4.74 Å². The molecule has 150 valence electrons.